The lowest BCUT2D eigenvalue weighted by molar-refractivity contribution is -0.281. The number of allylic oxidation sites excluding steroid dienone is 4. The van der Waals surface area contributed by atoms with E-state index in [1.165, 1.54) is 35.4 Å². The van der Waals surface area contributed by atoms with Crippen molar-refractivity contribution in [2.75, 3.05) is 13.7 Å². The van der Waals surface area contributed by atoms with Crippen LogP contribution in [-0.4, -0.2) is 48.8 Å². The number of carbonyl (C=O) groups is 1. The quantitative estimate of drug-likeness (QED) is 0.306. The minimum atomic E-state index is -5.01. The van der Waals surface area contributed by atoms with Gasteiger partial charge in [-0.2, -0.15) is 13.2 Å². The van der Waals surface area contributed by atoms with Crippen LogP contribution in [-0.2, 0) is 24.6 Å². The van der Waals surface area contributed by atoms with Gasteiger partial charge in [0.15, 0.2) is 0 Å². The molecule has 3 fully saturated rings. The maximum Gasteiger partial charge on any atom is 0.432 e. The molecule has 2 saturated carbocycles. The van der Waals surface area contributed by atoms with Crippen molar-refractivity contribution in [1.29, 1.82) is 0 Å². The molecule has 1 aromatic carbocycles. The first-order valence-electron chi connectivity index (χ1n) is 17.9. The number of fused-ring (bicyclic) bond motifs is 5. The second kappa shape index (κ2) is 11.7. The summed E-state index contributed by atoms with van der Waals surface area (Å²) < 4.78 is 61.4. The highest BCUT2D eigenvalue weighted by atomic mass is 19.4. The summed E-state index contributed by atoms with van der Waals surface area (Å²) in [4.78, 5) is 13.7. The zero-order valence-corrected chi connectivity index (χ0v) is 30.0. The van der Waals surface area contributed by atoms with E-state index in [0.717, 1.165) is 52.1 Å². The van der Waals surface area contributed by atoms with Gasteiger partial charge in [0.1, 0.15) is 6.10 Å². The van der Waals surface area contributed by atoms with Crippen molar-refractivity contribution in [3.8, 4) is 0 Å². The molecule has 5 aliphatic rings. The van der Waals surface area contributed by atoms with Crippen LogP contribution in [0, 0.1) is 39.4 Å². The molecule has 0 unspecified atom stereocenters. The number of hydrogen-bond acceptors (Lipinski definition) is 5. The van der Waals surface area contributed by atoms with Crippen LogP contribution >= 0.6 is 0 Å². The van der Waals surface area contributed by atoms with Gasteiger partial charge in [0.05, 0.1) is 18.3 Å². The van der Waals surface area contributed by atoms with Crippen LogP contribution in [0.25, 0.3) is 0 Å². The van der Waals surface area contributed by atoms with Gasteiger partial charge in [-0.3, -0.25) is 0 Å². The Morgan fingerprint density at radius 1 is 0.938 bits per heavy atom. The molecule has 266 valence electrons. The van der Waals surface area contributed by atoms with E-state index >= 15 is 0 Å². The predicted molar refractivity (Wildman–Crippen MR) is 179 cm³/mol. The summed E-state index contributed by atoms with van der Waals surface area (Å²) in [6.45, 7) is 15.7. The first-order valence-corrected chi connectivity index (χ1v) is 17.9. The molecule has 48 heavy (non-hydrogen) atoms. The third-order valence-electron chi connectivity index (χ3n) is 14.3. The van der Waals surface area contributed by atoms with Crippen LogP contribution in [0.3, 0.4) is 0 Å². The molecule has 8 heteroatoms. The molecule has 0 bridgehead atoms. The van der Waals surface area contributed by atoms with E-state index in [0.29, 0.717) is 24.9 Å². The molecule has 0 radical (unpaired) electrons. The minimum Gasteiger partial charge on any atom is -0.459 e. The van der Waals surface area contributed by atoms with Crippen LogP contribution in [0.5, 0.6) is 0 Å². The standard InChI is InChI=1S/C40H55F3O5/c1-34(2)30-16-15-29-28(19-23-37(6)27(18-22-38(29,37)7)25-14-17-32(47-24-25)35(3,4)45)36(30,5)21-20-31(34)48-33(44)39(46-8,40(41,42)43)26-12-10-9-11-13-26/h9-13,15,19,25,27,30-32,45H,14,16-18,20-24H2,1-8H3/t25-,27+,30-,31-,32+,36+,37+,38-,39-/m0/s1. The fourth-order valence-electron chi connectivity index (χ4n) is 11.2. The van der Waals surface area contributed by atoms with Gasteiger partial charge in [-0.25, -0.2) is 4.79 Å². The van der Waals surface area contributed by atoms with Crippen LogP contribution in [0.2, 0.25) is 0 Å². The van der Waals surface area contributed by atoms with Gasteiger partial charge in [-0.1, -0.05) is 77.1 Å². The Balaban J connectivity index is 1.25. The van der Waals surface area contributed by atoms with E-state index in [2.05, 4.69) is 46.8 Å². The zero-order chi connectivity index (χ0) is 35.1. The zero-order valence-electron chi connectivity index (χ0n) is 30.0. The molecule has 5 nitrogen and oxygen atoms in total. The lowest BCUT2D eigenvalue weighted by Gasteiger charge is -2.61. The molecule has 1 saturated heterocycles. The lowest BCUT2D eigenvalue weighted by Crippen LogP contribution is -2.58. The minimum absolute atomic E-state index is 0.0107. The highest BCUT2D eigenvalue weighted by Crippen LogP contribution is 2.72. The monoisotopic (exact) mass is 672 g/mol. The molecule has 9 atom stereocenters. The van der Waals surface area contributed by atoms with Crippen molar-refractivity contribution in [3.05, 3.63) is 59.2 Å². The van der Waals surface area contributed by atoms with Gasteiger partial charge >= 0.3 is 12.1 Å². The van der Waals surface area contributed by atoms with Crippen molar-refractivity contribution in [3.63, 3.8) is 0 Å². The van der Waals surface area contributed by atoms with Crippen LogP contribution < -0.4 is 0 Å². The molecule has 4 aliphatic carbocycles. The highest BCUT2D eigenvalue weighted by Gasteiger charge is 2.67. The first kappa shape index (κ1) is 35.7. The normalized spacial score (nSPS) is 39.2. The largest absolute Gasteiger partial charge is 0.459 e. The average molecular weight is 673 g/mol. The lowest BCUT2D eigenvalue weighted by atomic mass is 9.44. The molecular formula is C40H55F3O5. The Morgan fingerprint density at radius 2 is 1.62 bits per heavy atom. The summed E-state index contributed by atoms with van der Waals surface area (Å²) in [5, 5.41) is 10.5. The van der Waals surface area contributed by atoms with Crippen molar-refractivity contribution < 1.29 is 37.3 Å². The Hall–Kier alpha value is -2.16. The Bertz CT molecular complexity index is 1450. The smallest absolute Gasteiger partial charge is 0.432 e. The van der Waals surface area contributed by atoms with Gasteiger partial charge in [-0.05, 0) is 110 Å². The third-order valence-corrected chi connectivity index (χ3v) is 14.3. The highest BCUT2D eigenvalue weighted by molar-refractivity contribution is 5.83. The second-order valence-electron chi connectivity index (χ2n) is 17.4. The number of aliphatic hydroxyl groups is 1. The summed E-state index contributed by atoms with van der Waals surface area (Å²) >= 11 is 0. The number of methoxy groups -OCH3 is 1. The van der Waals surface area contributed by atoms with E-state index < -0.39 is 34.9 Å². The Kier molecular flexibility index (Phi) is 8.69. The molecule has 0 aromatic heterocycles. The fourth-order valence-corrected chi connectivity index (χ4v) is 11.2. The second-order valence-corrected chi connectivity index (χ2v) is 17.4. The maximum atomic E-state index is 14.7. The van der Waals surface area contributed by atoms with E-state index in [-0.39, 0.29) is 33.8 Å². The molecule has 1 N–H and O–H groups in total. The number of alkyl halides is 3. The van der Waals surface area contributed by atoms with Crippen LogP contribution in [0.4, 0.5) is 13.2 Å². The van der Waals surface area contributed by atoms with Crippen LogP contribution in [0.1, 0.15) is 105 Å². The molecule has 6 rings (SSSR count). The van der Waals surface area contributed by atoms with Crippen molar-refractivity contribution in [1.82, 2.24) is 0 Å². The van der Waals surface area contributed by atoms with Crippen molar-refractivity contribution in [2.24, 2.45) is 39.4 Å². The third kappa shape index (κ3) is 5.08. The fraction of sp³-hybridized carbons (Fsp3) is 0.725. The number of esters is 1. The van der Waals surface area contributed by atoms with E-state index in [1.54, 1.807) is 6.07 Å². The molecule has 1 aromatic rings. The van der Waals surface area contributed by atoms with Gasteiger partial charge < -0.3 is 19.3 Å². The number of hydrogen-bond donors (Lipinski definition) is 1. The van der Waals surface area contributed by atoms with Gasteiger partial charge in [0.2, 0.25) is 0 Å². The number of carbonyl (C=O) groups excluding carboxylic acids is 1. The SMILES string of the molecule is CO[C@](C(=O)O[C@H]1CC[C@]2(C)C3=CC[C@]4(C)[C@@H]([C@H]5CC[C@H](C(C)(C)O)OC5)CC[C@@]4(C)C3=CC[C@H]2C1(C)C)(c1ccccc1)C(F)(F)F. The van der Waals surface area contributed by atoms with E-state index in [9.17, 15) is 23.1 Å². The van der Waals surface area contributed by atoms with E-state index in [4.69, 9.17) is 14.2 Å². The molecular weight excluding hydrogens is 617 g/mol. The van der Waals surface area contributed by atoms with Crippen molar-refractivity contribution >= 4 is 5.97 Å². The summed E-state index contributed by atoms with van der Waals surface area (Å²) in [7, 11) is 0.920. The number of halogens is 3. The Morgan fingerprint density at radius 3 is 2.21 bits per heavy atom. The first-order chi connectivity index (χ1) is 22.3. The average Bonchev–Trinajstić information content (AvgIpc) is 3.30. The molecule has 0 spiro atoms. The summed E-state index contributed by atoms with van der Waals surface area (Å²) in [5.41, 5.74) is -2.15. The predicted octanol–water partition coefficient (Wildman–Crippen LogP) is 9.09. The number of ether oxygens (including phenoxy) is 3. The number of rotatable bonds is 6. The summed E-state index contributed by atoms with van der Waals surface area (Å²) in [6, 6.07) is 7.07. The molecule has 0 amide bonds. The Labute approximate surface area is 284 Å². The number of benzene rings is 1. The topological polar surface area (TPSA) is 65.0 Å². The van der Waals surface area contributed by atoms with Crippen molar-refractivity contribution in [2.45, 2.75) is 129 Å². The molecule has 1 aliphatic heterocycles. The van der Waals surface area contributed by atoms with Crippen LogP contribution in [0.15, 0.2) is 53.6 Å². The maximum absolute atomic E-state index is 14.7. The van der Waals surface area contributed by atoms with Gasteiger partial charge in [0.25, 0.3) is 5.60 Å². The molecule has 1 heterocycles. The van der Waals surface area contributed by atoms with Gasteiger partial charge in [0, 0.05) is 18.1 Å². The summed E-state index contributed by atoms with van der Waals surface area (Å²) in [6.07, 6.45) is 6.25. The summed E-state index contributed by atoms with van der Waals surface area (Å²) in [5.74, 6) is -0.328. The van der Waals surface area contributed by atoms with E-state index in [1.807, 2.05) is 13.8 Å². The van der Waals surface area contributed by atoms with Gasteiger partial charge in [-0.15, -0.1) is 0 Å².